The monoisotopic (exact) mass is 387 g/mol. The highest BCUT2D eigenvalue weighted by Crippen LogP contribution is 2.19. The van der Waals surface area contributed by atoms with Crippen LogP contribution in [0, 0.1) is 5.41 Å². The molecule has 0 spiro atoms. The van der Waals surface area contributed by atoms with Crippen molar-refractivity contribution < 1.29 is 14.6 Å². The van der Waals surface area contributed by atoms with Gasteiger partial charge in [0.15, 0.2) is 5.84 Å². The van der Waals surface area contributed by atoms with Gasteiger partial charge in [0, 0.05) is 37.9 Å². The van der Waals surface area contributed by atoms with Gasteiger partial charge in [0.1, 0.15) is 5.82 Å². The summed E-state index contributed by atoms with van der Waals surface area (Å²) < 4.78 is 5.40. The summed E-state index contributed by atoms with van der Waals surface area (Å²) in [6, 6.07) is 3.83. The van der Waals surface area contributed by atoms with Gasteiger partial charge in [-0.1, -0.05) is 20.8 Å². The molecule has 0 unspecified atom stereocenters. The molecule has 1 N–H and O–H groups in total. The van der Waals surface area contributed by atoms with Gasteiger partial charge in [-0.25, -0.2) is 14.8 Å². The van der Waals surface area contributed by atoms with Gasteiger partial charge < -0.3 is 19.6 Å². The Morgan fingerprint density at radius 1 is 1.29 bits per heavy atom. The molecular formula is C20H29N5O3. The van der Waals surface area contributed by atoms with E-state index in [1.54, 1.807) is 18.0 Å². The zero-order valence-corrected chi connectivity index (χ0v) is 17.1. The molecule has 2 aliphatic rings. The Balaban J connectivity index is 1.59. The van der Waals surface area contributed by atoms with Crippen LogP contribution in [0.4, 0.5) is 10.6 Å². The molecule has 1 aromatic heterocycles. The van der Waals surface area contributed by atoms with Gasteiger partial charge in [-0.05, 0) is 24.5 Å². The van der Waals surface area contributed by atoms with Crippen molar-refractivity contribution in [1.29, 1.82) is 0 Å². The second kappa shape index (κ2) is 8.26. The lowest BCUT2D eigenvalue weighted by atomic mass is 9.99. The number of aromatic nitrogens is 1. The highest BCUT2D eigenvalue weighted by molar-refractivity contribution is 6.12. The molecular weight excluding hydrogens is 358 g/mol. The lowest BCUT2D eigenvalue weighted by molar-refractivity contribution is 0.0707. The highest BCUT2D eigenvalue weighted by Gasteiger charge is 2.25. The average molecular weight is 387 g/mol. The summed E-state index contributed by atoms with van der Waals surface area (Å²) in [5.74, 6) is 1.47. The Labute approximate surface area is 165 Å². The number of piperazine rings is 1. The Morgan fingerprint density at radius 3 is 2.61 bits per heavy atom. The normalized spacial score (nSPS) is 18.6. The van der Waals surface area contributed by atoms with Crippen molar-refractivity contribution in [1.82, 2.24) is 9.88 Å². The first-order valence-electron chi connectivity index (χ1n) is 9.66. The lowest BCUT2D eigenvalue weighted by Crippen LogP contribution is -2.49. The molecule has 8 nitrogen and oxygen atoms in total. The number of ether oxygens (including phenoxy) is 1. The zero-order valence-electron chi connectivity index (χ0n) is 17.1. The largest absolute Gasteiger partial charge is 0.449 e. The van der Waals surface area contributed by atoms with Crippen molar-refractivity contribution in [2.45, 2.75) is 33.8 Å². The fraction of sp³-hybridized carbons (Fsp3) is 0.600. The third-order valence-electron chi connectivity index (χ3n) is 4.62. The van der Waals surface area contributed by atoms with Crippen molar-refractivity contribution in [3.8, 4) is 0 Å². The third-order valence-corrected chi connectivity index (χ3v) is 4.62. The Bertz CT molecular complexity index is 774. The summed E-state index contributed by atoms with van der Waals surface area (Å²) in [5.41, 5.74) is 1.52. The van der Waals surface area contributed by atoms with Crippen LogP contribution in [0.5, 0.6) is 0 Å². The van der Waals surface area contributed by atoms with E-state index >= 15 is 0 Å². The first-order valence-corrected chi connectivity index (χ1v) is 9.66. The van der Waals surface area contributed by atoms with Gasteiger partial charge in [-0.15, -0.1) is 0 Å². The summed E-state index contributed by atoms with van der Waals surface area (Å²) in [4.78, 5) is 29.4. The van der Waals surface area contributed by atoms with Crippen molar-refractivity contribution in [2.75, 3.05) is 44.2 Å². The Hall–Kier alpha value is -2.48. The molecule has 3 heterocycles. The number of hydrogen-bond acceptors (Lipinski definition) is 7. The minimum Gasteiger partial charge on any atom is -0.449 e. The molecule has 0 bridgehead atoms. The van der Waals surface area contributed by atoms with Crippen molar-refractivity contribution in [2.24, 2.45) is 15.4 Å². The quantitative estimate of drug-likeness (QED) is 0.853. The van der Waals surface area contributed by atoms with Crippen LogP contribution in [0.2, 0.25) is 0 Å². The van der Waals surface area contributed by atoms with Crippen LogP contribution in [0.25, 0.3) is 0 Å². The number of amidine groups is 1. The number of aliphatic hydroxyl groups excluding tert-OH is 1. The average Bonchev–Trinajstić information content (AvgIpc) is 3.16. The van der Waals surface area contributed by atoms with Crippen LogP contribution in [-0.2, 0) is 4.74 Å². The topological polar surface area (TPSA) is 90.6 Å². The Morgan fingerprint density at radius 2 is 2.00 bits per heavy atom. The lowest BCUT2D eigenvalue weighted by Gasteiger charge is -2.35. The van der Waals surface area contributed by atoms with Gasteiger partial charge in [0.2, 0.25) is 0 Å². The molecule has 0 saturated carbocycles. The highest BCUT2D eigenvalue weighted by atomic mass is 16.6. The Kier molecular flexibility index (Phi) is 5.98. The predicted molar refractivity (Wildman–Crippen MR) is 109 cm³/mol. The summed E-state index contributed by atoms with van der Waals surface area (Å²) in [6.45, 7) is 11.2. The van der Waals surface area contributed by atoms with Crippen molar-refractivity contribution in [3.05, 3.63) is 23.9 Å². The number of rotatable bonds is 4. The molecule has 1 atom stereocenters. The minimum absolute atomic E-state index is 0.0407. The maximum atomic E-state index is 12.2. The summed E-state index contributed by atoms with van der Waals surface area (Å²) in [5, 5.41) is 9.66. The SMILES string of the molecule is C[C@H](O)C1=NC(c2ccnc(N3CCN(C(=O)OCC(C)(C)C)CC3)c2)=NC1. The molecule has 1 saturated heterocycles. The second-order valence-corrected chi connectivity index (χ2v) is 8.41. The maximum absolute atomic E-state index is 12.2. The molecule has 0 aromatic carbocycles. The molecule has 8 heteroatoms. The molecule has 152 valence electrons. The van der Waals surface area contributed by atoms with E-state index in [9.17, 15) is 9.90 Å². The van der Waals surface area contributed by atoms with E-state index in [2.05, 4.69) is 19.9 Å². The number of anilines is 1. The van der Waals surface area contributed by atoms with E-state index < -0.39 is 6.10 Å². The molecule has 2 aliphatic heterocycles. The number of carbonyl (C=O) groups excluding carboxylic acids is 1. The number of carbonyl (C=O) groups is 1. The fourth-order valence-corrected chi connectivity index (χ4v) is 2.96. The molecule has 0 radical (unpaired) electrons. The van der Waals surface area contributed by atoms with E-state index in [1.165, 1.54) is 0 Å². The first-order chi connectivity index (χ1) is 13.2. The molecule has 0 aliphatic carbocycles. The summed E-state index contributed by atoms with van der Waals surface area (Å²) in [7, 11) is 0. The number of pyridine rings is 1. The van der Waals surface area contributed by atoms with E-state index in [1.807, 2.05) is 32.9 Å². The maximum Gasteiger partial charge on any atom is 0.409 e. The van der Waals surface area contributed by atoms with Gasteiger partial charge in [0.25, 0.3) is 0 Å². The van der Waals surface area contributed by atoms with Gasteiger partial charge in [0.05, 0.1) is 25.0 Å². The summed E-state index contributed by atoms with van der Waals surface area (Å²) >= 11 is 0. The van der Waals surface area contributed by atoms with Gasteiger partial charge >= 0.3 is 6.09 Å². The van der Waals surface area contributed by atoms with Crippen molar-refractivity contribution in [3.63, 3.8) is 0 Å². The van der Waals surface area contributed by atoms with Crippen LogP contribution >= 0.6 is 0 Å². The number of aliphatic hydroxyl groups is 1. The fourth-order valence-electron chi connectivity index (χ4n) is 2.96. The molecule has 1 fully saturated rings. The first kappa shape index (κ1) is 20.3. The van der Waals surface area contributed by atoms with Gasteiger partial charge in [-0.2, -0.15) is 0 Å². The van der Waals surface area contributed by atoms with Crippen molar-refractivity contribution >= 4 is 23.5 Å². The van der Waals surface area contributed by atoms with Gasteiger partial charge in [-0.3, -0.25) is 4.99 Å². The van der Waals surface area contributed by atoms with Crippen LogP contribution < -0.4 is 4.90 Å². The summed E-state index contributed by atoms with van der Waals surface area (Å²) in [6.07, 6.45) is 0.901. The van der Waals surface area contributed by atoms with Crippen LogP contribution in [0.15, 0.2) is 28.3 Å². The minimum atomic E-state index is -0.589. The van der Waals surface area contributed by atoms with E-state index in [-0.39, 0.29) is 11.5 Å². The number of amides is 1. The molecule has 28 heavy (non-hydrogen) atoms. The molecule has 1 amide bonds. The van der Waals surface area contributed by atoms with E-state index in [0.29, 0.717) is 50.9 Å². The third kappa shape index (κ3) is 5.07. The smallest absolute Gasteiger partial charge is 0.409 e. The molecule has 1 aromatic rings. The van der Waals surface area contributed by atoms with E-state index in [0.717, 1.165) is 11.4 Å². The number of nitrogens with zero attached hydrogens (tertiary/aromatic N) is 5. The van der Waals surface area contributed by atoms with Crippen LogP contribution in [0.1, 0.15) is 33.3 Å². The van der Waals surface area contributed by atoms with Crippen LogP contribution in [-0.4, -0.2) is 78.1 Å². The van der Waals surface area contributed by atoms with Crippen LogP contribution in [0.3, 0.4) is 0 Å². The second-order valence-electron chi connectivity index (χ2n) is 8.41. The molecule has 3 rings (SSSR count). The number of aliphatic imine (C=N–C) groups is 2. The standard InChI is InChI=1S/C20H29N5O3/c1-14(26)16-12-22-18(23-16)15-5-6-21-17(11-15)24-7-9-25(10-8-24)19(27)28-13-20(2,3)4/h5-6,11,14,26H,7-10,12-13H2,1-4H3/t14-/m0/s1. The number of hydrogen-bond donors (Lipinski definition) is 1. The predicted octanol–water partition coefficient (Wildman–Crippen LogP) is 1.97. The zero-order chi connectivity index (χ0) is 20.3. The van der Waals surface area contributed by atoms with E-state index in [4.69, 9.17) is 4.74 Å².